The summed E-state index contributed by atoms with van der Waals surface area (Å²) in [5.41, 5.74) is -3.86. The van der Waals surface area contributed by atoms with Crippen molar-refractivity contribution in [1.29, 1.82) is 0 Å². The molecular formula is C32H22F17NO3S. The van der Waals surface area contributed by atoms with E-state index >= 15 is 8.78 Å². The van der Waals surface area contributed by atoms with Crippen molar-refractivity contribution in [2.45, 2.75) is 79.7 Å². The minimum absolute atomic E-state index is 0.00841. The van der Waals surface area contributed by atoms with Gasteiger partial charge in [0.2, 0.25) is 5.78 Å². The molecule has 0 radical (unpaired) electrons. The van der Waals surface area contributed by atoms with Crippen molar-refractivity contribution in [1.82, 2.24) is 3.97 Å². The number of aromatic nitrogens is 1. The molecule has 0 atom stereocenters. The monoisotopic (exact) mass is 823 g/mol. The van der Waals surface area contributed by atoms with E-state index in [1.54, 1.807) is 20.8 Å². The fourth-order valence-corrected chi connectivity index (χ4v) is 7.23. The fraction of sp³-hybridized carbons (Fsp3) is 0.406. The van der Waals surface area contributed by atoms with Gasteiger partial charge in [0.15, 0.2) is 0 Å². The molecule has 0 unspecified atom stereocenters. The Morgan fingerprint density at radius 3 is 1.67 bits per heavy atom. The summed E-state index contributed by atoms with van der Waals surface area (Å²) in [4.78, 5) is 12.3. The number of carbonyl (C=O) groups excluding carboxylic acids is 1. The van der Waals surface area contributed by atoms with Gasteiger partial charge in [-0.3, -0.25) is 4.79 Å². The van der Waals surface area contributed by atoms with E-state index in [2.05, 4.69) is 0 Å². The predicted octanol–water partition coefficient (Wildman–Crippen LogP) is 10.8. The number of hydrogen-bond acceptors (Lipinski definition) is 3. The Hall–Kier alpha value is -4.11. The fourth-order valence-electron chi connectivity index (χ4n) is 5.67. The van der Waals surface area contributed by atoms with Gasteiger partial charge in [-0.15, -0.1) is 0 Å². The first-order chi connectivity index (χ1) is 24.1. The maximum Gasteiger partial charge on any atom is 0.460 e. The molecule has 22 heteroatoms. The number of hydrogen-bond donors (Lipinski definition) is 0. The van der Waals surface area contributed by atoms with Gasteiger partial charge in [0, 0.05) is 16.5 Å². The Morgan fingerprint density at radius 2 is 1.15 bits per heavy atom. The van der Waals surface area contributed by atoms with Crippen LogP contribution in [-0.2, 0) is 15.9 Å². The SMILES string of the molecule is CC1=CC=C(C(=O)c2cc3ccccc3n2S(=O)(=O)c2cccc(C(F)(F)C(F)(F)C(F)(F)C(F)(F)C(F)(F)C(F)(F)C(F)(F)C(F)(F)F)c2)C(C)(C)C1. The van der Waals surface area contributed by atoms with E-state index in [1.165, 1.54) is 30.4 Å². The van der Waals surface area contributed by atoms with Gasteiger partial charge in [0.05, 0.1) is 10.4 Å². The lowest BCUT2D eigenvalue weighted by Crippen LogP contribution is -2.74. The van der Waals surface area contributed by atoms with E-state index in [1.807, 2.05) is 0 Å². The van der Waals surface area contributed by atoms with E-state index in [4.69, 9.17) is 0 Å². The van der Waals surface area contributed by atoms with Crippen molar-refractivity contribution >= 4 is 26.7 Å². The Morgan fingerprint density at radius 1 is 0.648 bits per heavy atom. The number of fused-ring (bicyclic) bond motifs is 1. The number of para-hydroxylation sites is 1. The third-order valence-corrected chi connectivity index (χ3v) is 10.3. The third-order valence-electron chi connectivity index (χ3n) is 8.59. The van der Waals surface area contributed by atoms with E-state index in [0.717, 1.165) is 17.7 Å². The van der Waals surface area contributed by atoms with Crippen LogP contribution >= 0.6 is 0 Å². The number of Topliss-reactive ketones (excluding diaryl/α,β-unsaturated/α-hetero) is 1. The van der Waals surface area contributed by atoms with Gasteiger partial charge >= 0.3 is 47.6 Å². The van der Waals surface area contributed by atoms with Crippen LogP contribution in [0.2, 0.25) is 0 Å². The second-order valence-corrected chi connectivity index (χ2v) is 14.7. The van der Waals surface area contributed by atoms with Crippen LogP contribution in [0, 0.1) is 5.41 Å². The first-order valence-corrected chi connectivity index (χ1v) is 16.1. The molecule has 0 saturated heterocycles. The molecular weight excluding hydrogens is 801 g/mol. The molecule has 2 aromatic carbocycles. The molecule has 0 spiro atoms. The summed E-state index contributed by atoms with van der Waals surface area (Å²) in [5, 5.41) is 0.00841. The molecule has 0 bridgehead atoms. The number of carbonyl (C=O) groups is 1. The van der Waals surface area contributed by atoms with Crippen LogP contribution in [0.15, 0.2) is 82.8 Å². The predicted molar refractivity (Wildman–Crippen MR) is 155 cm³/mol. The molecule has 4 rings (SSSR count). The number of rotatable bonds is 11. The number of benzene rings is 2. The molecule has 0 fully saturated rings. The lowest BCUT2D eigenvalue weighted by atomic mass is 9.73. The van der Waals surface area contributed by atoms with Crippen LogP contribution in [-0.4, -0.2) is 59.9 Å². The van der Waals surface area contributed by atoms with Crippen LogP contribution in [0.5, 0.6) is 0 Å². The highest BCUT2D eigenvalue weighted by atomic mass is 32.2. The van der Waals surface area contributed by atoms with Gasteiger partial charge in [-0.25, -0.2) is 12.4 Å². The zero-order chi connectivity index (χ0) is 41.7. The maximum absolute atomic E-state index is 15.2. The van der Waals surface area contributed by atoms with E-state index < -0.39 is 91.1 Å². The zero-order valence-corrected chi connectivity index (χ0v) is 27.9. The topological polar surface area (TPSA) is 56.1 Å². The van der Waals surface area contributed by atoms with Crippen molar-refractivity contribution in [2.75, 3.05) is 0 Å². The van der Waals surface area contributed by atoms with E-state index in [-0.39, 0.29) is 32.6 Å². The molecule has 1 aliphatic carbocycles. The standard InChI is InChI=1S/C32H22F17NO3S/c1-16-11-12-20(24(2,3)15-16)23(51)22-13-17-7-4-5-10-21(17)50(22)54(52,53)19-9-6-8-18(14-19)25(33,34)26(35,36)27(37,38)28(39,40)29(41,42)30(43,44)31(45,46)32(47,48)49/h4-14H,15H2,1-3H3. The molecule has 0 aliphatic heterocycles. The minimum Gasteiger partial charge on any atom is -0.287 e. The molecule has 3 aromatic rings. The average molecular weight is 824 g/mol. The first kappa shape index (κ1) is 42.6. The smallest absolute Gasteiger partial charge is 0.287 e. The van der Waals surface area contributed by atoms with Gasteiger partial charge in [-0.1, -0.05) is 61.9 Å². The van der Waals surface area contributed by atoms with Crippen LogP contribution in [0.25, 0.3) is 10.9 Å². The molecule has 0 amide bonds. The lowest BCUT2D eigenvalue weighted by Gasteiger charge is -2.42. The highest BCUT2D eigenvalue weighted by Crippen LogP contribution is 2.65. The zero-order valence-electron chi connectivity index (χ0n) is 27.1. The number of halogens is 17. The van der Waals surface area contributed by atoms with Crippen molar-refractivity contribution in [3.63, 3.8) is 0 Å². The Labute approximate surface area is 293 Å². The third kappa shape index (κ3) is 5.87. The van der Waals surface area contributed by atoms with Gasteiger partial charge in [-0.05, 0) is 43.0 Å². The first-order valence-electron chi connectivity index (χ1n) is 14.7. The minimum atomic E-state index is -8.82. The lowest BCUT2D eigenvalue weighted by molar-refractivity contribution is -0.462. The number of nitrogens with zero attached hydrogens (tertiary/aromatic N) is 1. The van der Waals surface area contributed by atoms with Crippen LogP contribution < -0.4 is 0 Å². The summed E-state index contributed by atoms with van der Waals surface area (Å²) in [6, 6.07) is 5.58. The summed E-state index contributed by atoms with van der Waals surface area (Å²) in [6.07, 6.45) is -4.71. The molecule has 0 N–H and O–H groups in total. The summed E-state index contributed by atoms with van der Waals surface area (Å²) >= 11 is 0. The van der Waals surface area contributed by atoms with Gasteiger partial charge < -0.3 is 0 Å². The molecule has 1 aromatic heterocycles. The second-order valence-electron chi connectivity index (χ2n) is 12.9. The summed E-state index contributed by atoms with van der Waals surface area (Å²) in [6.45, 7) is 4.94. The van der Waals surface area contributed by atoms with Crippen LogP contribution in [0.3, 0.4) is 0 Å². The molecule has 54 heavy (non-hydrogen) atoms. The normalized spacial score (nSPS) is 17.0. The van der Waals surface area contributed by atoms with Crippen molar-refractivity contribution in [2.24, 2.45) is 5.41 Å². The van der Waals surface area contributed by atoms with Crippen LogP contribution in [0.4, 0.5) is 74.6 Å². The maximum atomic E-state index is 15.2. The highest BCUT2D eigenvalue weighted by Gasteiger charge is 2.95. The van der Waals surface area contributed by atoms with Gasteiger partial charge in [0.1, 0.15) is 5.69 Å². The Kier molecular flexibility index (Phi) is 9.83. The highest BCUT2D eigenvalue weighted by molar-refractivity contribution is 7.90. The van der Waals surface area contributed by atoms with E-state index in [0.29, 0.717) is 12.5 Å². The van der Waals surface area contributed by atoms with Crippen LogP contribution in [0.1, 0.15) is 43.2 Å². The van der Waals surface area contributed by atoms with Gasteiger partial charge in [-0.2, -0.15) is 74.6 Å². The largest absolute Gasteiger partial charge is 0.460 e. The van der Waals surface area contributed by atoms with E-state index in [9.17, 15) is 79.1 Å². The number of alkyl halides is 17. The van der Waals surface area contributed by atoms with Gasteiger partial charge in [0.25, 0.3) is 10.0 Å². The summed E-state index contributed by atoms with van der Waals surface area (Å²) in [7, 11) is -5.52. The second kappa shape index (κ2) is 12.5. The van der Waals surface area contributed by atoms with Crippen molar-refractivity contribution in [3.05, 3.63) is 89.2 Å². The van der Waals surface area contributed by atoms with Crippen molar-refractivity contribution < 1.29 is 87.8 Å². The molecule has 1 heterocycles. The number of allylic oxidation sites excluding steroid dienone is 4. The Bertz CT molecular complexity index is 2160. The Balaban J connectivity index is 1.87. The number of ketones is 1. The quantitative estimate of drug-likeness (QED) is 0.143. The molecule has 1 aliphatic rings. The average Bonchev–Trinajstić information content (AvgIpc) is 3.43. The molecule has 4 nitrogen and oxygen atoms in total. The summed E-state index contributed by atoms with van der Waals surface area (Å²) in [5.74, 6) is -59.2. The molecule has 298 valence electrons. The molecule has 0 saturated carbocycles. The summed E-state index contributed by atoms with van der Waals surface area (Å²) < 4.78 is 265. The van der Waals surface area contributed by atoms with Crippen molar-refractivity contribution in [3.8, 4) is 0 Å².